The van der Waals surface area contributed by atoms with Crippen LogP contribution in [-0.4, -0.2) is 28.7 Å². The summed E-state index contributed by atoms with van der Waals surface area (Å²) in [5.74, 6) is -0.646. The largest absolute Gasteiger partial charge is 0.361 e. The van der Waals surface area contributed by atoms with Crippen LogP contribution in [0.25, 0.3) is 16.5 Å². The summed E-state index contributed by atoms with van der Waals surface area (Å²) >= 11 is 0. The minimum absolute atomic E-state index is 0.187. The average molecular weight is 330 g/mol. The van der Waals surface area contributed by atoms with E-state index >= 15 is 0 Å². The first-order chi connectivity index (χ1) is 12.1. The normalized spacial score (nSPS) is 16.2. The van der Waals surface area contributed by atoms with E-state index in [0.29, 0.717) is 11.1 Å². The first-order valence-electron chi connectivity index (χ1n) is 8.27. The molecule has 0 radical (unpaired) electrons. The van der Waals surface area contributed by atoms with Gasteiger partial charge in [0, 0.05) is 35.6 Å². The SMILES string of the molecule is CC(C1=C(c2ccccc2)C(=O)N(C)C1=O)c1c[nH]c2ccccc12. The number of benzene rings is 2. The molecule has 1 aliphatic heterocycles. The van der Waals surface area contributed by atoms with Gasteiger partial charge in [0.25, 0.3) is 11.8 Å². The van der Waals surface area contributed by atoms with Crippen LogP contribution in [0, 0.1) is 0 Å². The second-order valence-corrected chi connectivity index (χ2v) is 6.34. The molecule has 2 heterocycles. The van der Waals surface area contributed by atoms with Crippen LogP contribution in [0.4, 0.5) is 0 Å². The van der Waals surface area contributed by atoms with Crippen molar-refractivity contribution in [1.29, 1.82) is 0 Å². The van der Waals surface area contributed by atoms with Crippen molar-refractivity contribution in [1.82, 2.24) is 9.88 Å². The van der Waals surface area contributed by atoms with Crippen molar-refractivity contribution in [2.24, 2.45) is 0 Å². The number of para-hydroxylation sites is 1. The third kappa shape index (κ3) is 2.30. The molecular formula is C21H18N2O2. The average Bonchev–Trinajstić information content (AvgIpc) is 3.17. The Hall–Kier alpha value is -3.14. The molecule has 4 nitrogen and oxygen atoms in total. The van der Waals surface area contributed by atoms with Gasteiger partial charge in [-0.05, 0) is 17.2 Å². The zero-order valence-corrected chi connectivity index (χ0v) is 14.1. The summed E-state index contributed by atoms with van der Waals surface area (Å²) in [4.78, 5) is 30.0. The highest BCUT2D eigenvalue weighted by Crippen LogP contribution is 2.39. The lowest BCUT2D eigenvalue weighted by Gasteiger charge is -2.13. The number of H-pyrrole nitrogens is 1. The van der Waals surface area contributed by atoms with Crippen LogP contribution in [0.1, 0.15) is 24.0 Å². The van der Waals surface area contributed by atoms with Gasteiger partial charge in [0.05, 0.1) is 5.57 Å². The third-order valence-corrected chi connectivity index (χ3v) is 4.91. The van der Waals surface area contributed by atoms with Crippen LogP contribution in [0.3, 0.4) is 0 Å². The predicted octanol–water partition coefficient (Wildman–Crippen LogP) is 3.72. The number of aromatic nitrogens is 1. The Kier molecular flexibility index (Phi) is 3.53. The summed E-state index contributed by atoms with van der Waals surface area (Å²) in [6, 6.07) is 17.4. The number of carbonyl (C=O) groups excluding carboxylic acids is 2. The maximum atomic E-state index is 12.8. The van der Waals surface area contributed by atoms with E-state index in [1.807, 2.05) is 67.7 Å². The lowest BCUT2D eigenvalue weighted by Crippen LogP contribution is -2.27. The summed E-state index contributed by atoms with van der Waals surface area (Å²) in [7, 11) is 1.54. The summed E-state index contributed by atoms with van der Waals surface area (Å²) < 4.78 is 0. The van der Waals surface area contributed by atoms with E-state index in [1.165, 1.54) is 4.90 Å². The van der Waals surface area contributed by atoms with Gasteiger partial charge in [0.2, 0.25) is 0 Å². The van der Waals surface area contributed by atoms with Crippen LogP contribution >= 0.6 is 0 Å². The Bertz CT molecular complexity index is 1010. The van der Waals surface area contributed by atoms with Gasteiger partial charge < -0.3 is 4.98 Å². The fraction of sp³-hybridized carbons (Fsp3) is 0.143. The number of hydrogen-bond donors (Lipinski definition) is 1. The van der Waals surface area contributed by atoms with E-state index in [4.69, 9.17) is 0 Å². The van der Waals surface area contributed by atoms with Crippen molar-refractivity contribution in [2.45, 2.75) is 12.8 Å². The fourth-order valence-electron chi connectivity index (χ4n) is 3.56. The predicted molar refractivity (Wildman–Crippen MR) is 97.9 cm³/mol. The van der Waals surface area contributed by atoms with Crippen LogP contribution in [0.5, 0.6) is 0 Å². The summed E-state index contributed by atoms with van der Waals surface area (Å²) in [5.41, 5.74) is 3.90. The van der Waals surface area contributed by atoms with Crippen molar-refractivity contribution in [3.63, 3.8) is 0 Å². The van der Waals surface area contributed by atoms with Crippen molar-refractivity contribution < 1.29 is 9.59 Å². The Balaban J connectivity index is 1.92. The molecule has 4 heteroatoms. The van der Waals surface area contributed by atoms with Gasteiger partial charge in [-0.25, -0.2) is 0 Å². The Morgan fingerprint density at radius 2 is 1.60 bits per heavy atom. The zero-order chi connectivity index (χ0) is 17.6. The second kappa shape index (κ2) is 5.74. The number of rotatable bonds is 3. The highest BCUT2D eigenvalue weighted by molar-refractivity contribution is 6.36. The Morgan fingerprint density at radius 3 is 2.36 bits per heavy atom. The molecule has 124 valence electrons. The smallest absolute Gasteiger partial charge is 0.261 e. The lowest BCUT2D eigenvalue weighted by atomic mass is 9.88. The molecule has 2 aromatic carbocycles. The standard InChI is InChI=1S/C21H18N2O2/c1-13(16-12-22-17-11-7-6-10-15(16)17)18-19(14-8-4-3-5-9-14)21(25)23(2)20(18)24/h3-13,22H,1-2H3. The molecule has 1 aromatic heterocycles. The second-order valence-electron chi connectivity index (χ2n) is 6.34. The van der Waals surface area contributed by atoms with Crippen molar-refractivity contribution in [3.8, 4) is 0 Å². The molecule has 2 amide bonds. The van der Waals surface area contributed by atoms with Gasteiger partial charge in [-0.2, -0.15) is 0 Å². The zero-order valence-electron chi connectivity index (χ0n) is 14.1. The van der Waals surface area contributed by atoms with E-state index in [-0.39, 0.29) is 17.7 Å². The van der Waals surface area contributed by atoms with Gasteiger partial charge >= 0.3 is 0 Å². The highest BCUT2D eigenvalue weighted by atomic mass is 16.2. The van der Waals surface area contributed by atoms with Gasteiger partial charge in [0.1, 0.15) is 0 Å². The first kappa shape index (κ1) is 15.4. The van der Waals surface area contributed by atoms with E-state index in [2.05, 4.69) is 4.98 Å². The molecule has 0 saturated carbocycles. The van der Waals surface area contributed by atoms with Crippen molar-refractivity contribution in [3.05, 3.63) is 77.5 Å². The highest BCUT2D eigenvalue weighted by Gasteiger charge is 2.39. The molecule has 3 aromatic rings. The number of amides is 2. The number of hydrogen-bond acceptors (Lipinski definition) is 2. The van der Waals surface area contributed by atoms with E-state index in [9.17, 15) is 9.59 Å². The van der Waals surface area contributed by atoms with Gasteiger partial charge in [0.15, 0.2) is 0 Å². The number of likely N-dealkylation sites (N-methyl/N-ethyl adjacent to an activating group) is 1. The molecule has 1 unspecified atom stereocenters. The van der Waals surface area contributed by atoms with Crippen LogP contribution < -0.4 is 0 Å². The monoisotopic (exact) mass is 330 g/mol. The number of imide groups is 1. The van der Waals surface area contributed by atoms with Gasteiger partial charge in [-0.15, -0.1) is 0 Å². The number of nitrogens with zero attached hydrogens (tertiary/aromatic N) is 1. The maximum Gasteiger partial charge on any atom is 0.261 e. The molecule has 0 saturated heterocycles. The third-order valence-electron chi connectivity index (χ3n) is 4.91. The fourth-order valence-corrected chi connectivity index (χ4v) is 3.56. The van der Waals surface area contributed by atoms with Gasteiger partial charge in [-0.3, -0.25) is 14.5 Å². The first-order valence-corrected chi connectivity index (χ1v) is 8.27. The van der Waals surface area contributed by atoms with E-state index in [1.54, 1.807) is 7.05 Å². The summed E-state index contributed by atoms with van der Waals surface area (Å²) in [5, 5.41) is 1.07. The van der Waals surface area contributed by atoms with Crippen LogP contribution in [0.15, 0.2) is 66.4 Å². The van der Waals surface area contributed by atoms with Crippen molar-refractivity contribution >= 4 is 28.3 Å². The summed E-state index contributed by atoms with van der Waals surface area (Å²) in [6.07, 6.45) is 1.93. The van der Waals surface area contributed by atoms with E-state index < -0.39 is 0 Å². The maximum absolute atomic E-state index is 12.8. The quantitative estimate of drug-likeness (QED) is 0.744. The lowest BCUT2D eigenvalue weighted by molar-refractivity contribution is -0.135. The molecule has 1 N–H and O–H groups in total. The molecule has 0 fully saturated rings. The van der Waals surface area contributed by atoms with Gasteiger partial charge in [-0.1, -0.05) is 55.5 Å². The molecule has 0 bridgehead atoms. The summed E-state index contributed by atoms with van der Waals surface area (Å²) in [6.45, 7) is 1.98. The molecule has 1 aliphatic rings. The van der Waals surface area contributed by atoms with Crippen molar-refractivity contribution in [2.75, 3.05) is 7.05 Å². The minimum atomic E-state index is -0.238. The van der Waals surface area contributed by atoms with Crippen LogP contribution in [0.2, 0.25) is 0 Å². The molecule has 25 heavy (non-hydrogen) atoms. The molecule has 0 spiro atoms. The Labute approximate surface area is 145 Å². The molecule has 4 rings (SSSR count). The van der Waals surface area contributed by atoms with E-state index in [0.717, 1.165) is 22.0 Å². The molecule has 1 atom stereocenters. The topological polar surface area (TPSA) is 53.2 Å². The number of carbonyl (C=O) groups is 2. The minimum Gasteiger partial charge on any atom is -0.361 e. The molecule has 0 aliphatic carbocycles. The Morgan fingerprint density at radius 1 is 0.920 bits per heavy atom. The molecular weight excluding hydrogens is 312 g/mol. The van der Waals surface area contributed by atoms with Crippen LogP contribution in [-0.2, 0) is 9.59 Å². The number of nitrogens with one attached hydrogen (secondary N) is 1. The number of fused-ring (bicyclic) bond motifs is 1. The number of aromatic amines is 1.